The molecular formula is C17H24FN3O2. The zero-order valence-corrected chi connectivity index (χ0v) is 13.5. The fourth-order valence-electron chi connectivity index (χ4n) is 3.22. The number of hydrogen-bond acceptors (Lipinski definition) is 3. The molecule has 1 aromatic rings. The SMILES string of the molecule is CN=C(NCCc1cc(F)cc2c1OCOC2)NC1CCCC1. The summed E-state index contributed by atoms with van der Waals surface area (Å²) in [4.78, 5) is 4.26. The fraction of sp³-hybridized carbons (Fsp3) is 0.588. The molecule has 0 spiro atoms. The monoisotopic (exact) mass is 321 g/mol. The minimum Gasteiger partial charge on any atom is -0.467 e. The molecule has 126 valence electrons. The zero-order chi connectivity index (χ0) is 16.1. The molecule has 2 N–H and O–H groups in total. The Balaban J connectivity index is 1.56. The lowest BCUT2D eigenvalue weighted by atomic mass is 10.1. The number of hydrogen-bond donors (Lipinski definition) is 2. The summed E-state index contributed by atoms with van der Waals surface area (Å²) in [5, 5.41) is 6.74. The van der Waals surface area contributed by atoms with Gasteiger partial charge in [0, 0.05) is 25.2 Å². The van der Waals surface area contributed by atoms with Crippen molar-refractivity contribution in [3.63, 3.8) is 0 Å². The van der Waals surface area contributed by atoms with Gasteiger partial charge in [0.15, 0.2) is 12.8 Å². The predicted octanol–water partition coefficient (Wildman–Crippen LogP) is 2.34. The summed E-state index contributed by atoms with van der Waals surface area (Å²) in [6.45, 7) is 1.30. The van der Waals surface area contributed by atoms with Gasteiger partial charge in [-0.15, -0.1) is 0 Å². The van der Waals surface area contributed by atoms with E-state index in [-0.39, 0.29) is 12.6 Å². The molecule has 0 unspecified atom stereocenters. The number of guanidine groups is 1. The van der Waals surface area contributed by atoms with Gasteiger partial charge < -0.3 is 20.1 Å². The topological polar surface area (TPSA) is 54.9 Å². The van der Waals surface area contributed by atoms with E-state index in [9.17, 15) is 4.39 Å². The number of aliphatic imine (C=N–C) groups is 1. The number of ether oxygens (including phenoxy) is 2. The summed E-state index contributed by atoms with van der Waals surface area (Å²) < 4.78 is 24.5. The highest BCUT2D eigenvalue weighted by atomic mass is 19.1. The number of nitrogens with one attached hydrogen (secondary N) is 2. The second-order valence-electron chi connectivity index (χ2n) is 6.04. The first-order chi connectivity index (χ1) is 11.3. The summed E-state index contributed by atoms with van der Waals surface area (Å²) in [5.74, 6) is 1.32. The summed E-state index contributed by atoms with van der Waals surface area (Å²) in [5.41, 5.74) is 1.65. The smallest absolute Gasteiger partial charge is 0.191 e. The van der Waals surface area contributed by atoms with Gasteiger partial charge in [0.25, 0.3) is 0 Å². The van der Waals surface area contributed by atoms with Gasteiger partial charge in [-0.25, -0.2) is 4.39 Å². The molecule has 1 aliphatic heterocycles. The van der Waals surface area contributed by atoms with Crippen molar-refractivity contribution in [3.8, 4) is 5.75 Å². The molecule has 5 nitrogen and oxygen atoms in total. The molecule has 3 rings (SSSR count). The number of nitrogens with zero attached hydrogens (tertiary/aromatic N) is 1. The van der Waals surface area contributed by atoms with Crippen molar-refractivity contribution >= 4 is 5.96 Å². The third-order valence-corrected chi connectivity index (χ3v) is 4.36. The molecule has 0 aromatic heterocycles. The number of rotatable bonds is 4. The van der Waals surface area contributed by atoms with Crippen LogP contribution in [0.15, 0.2) is 17.1 Å². The van der Waals surface area contributed by atoms with Crippen molar-refractivity contribution in [2.24, 2.45) is 4.99 Å². The van der Waals surface area contributed by atoms with Crippen molar-refractivity contribution in [1.29, 1.82) is 0 Å². The van der Waals surface area contributed by atoms with Crippen LogP contribution < -0.4 is 15.4 Å². The first-order valence-electron chi connectivity index (χ1n) is 8.25. The van der Waals surface area contributed by atoms with Crippen molar-refractivity contribution in [3.05, 3.63) is 29.1 Å². The summed E-state index contributed by atoms with van der Waals surface area (Å²) in [7, 11) is 1.77. The highest BCUT2D eigenvalue weighted by Gasteiger charge is 2.18. The Hall–Kier alpha value is -1.82. The first-order valence-corrected chi connectivity index (χ1v) is 8.25. The first kappa shape index (κ1) is 16.1. The summed E-state index contributed by atoms with van der Waals surface area (Å²) in [6.07, 6.45) is 5.64. The molecule has 23 heavy (non-hydrogen) atoms. The second-order valence-corrected chi connectivity index (χ2v) is 6.04. The van der Waals surface area contributed by atoms with Gasteiger partial charge in [0.1, 0.15) is 11.6 Å². The normalized spacial score (nSPS) is 18.4. The van der Waals surface area contributed by atoms with Gasteiger partial charge in [-0.3, -0.25) is 4.99 Å². The minimum atomic E-state index is -0.249. The van der Waals surface area contributed by atoms with Crippen LogP contribution in [0.4, 0.5) is 4.39 Å². The Morgan fingerprint density at radius 1 is 1.35 bits per heavy atom. The number of benzene rings is 1. The van der Waals surface area contributed by atoms with Crippen LogP contribution >= 0.6 is 0 Å². The molecule has 0 radical (unpaired) electrons. The molecule has 1 heterocycles. The van der Waals surface area contributed by atoms with Crippen LogP contribution in [0.2, 0.25) is 0 Å². The predicted molar refractivity (Wildman–Crippen MR) is 87.1 cm³/mol. The van der Waals surface area contributed by atoms with Crippen LogP contribution in [-0.2, 0) is 17.8 Å². The lowest BCUT2D eigenvalue weighted by molar-refractivity contribution is -0.0172. The largest absolute Gasteiger partial charge is 0.467 e. The van der Waals surface area contributed by atoms with Crippen LogP contribution in [0.1, 0.15) is 36.8 Å². The molecule has 0 saturated heterocycles. The highest BCUT2D eigenvalue weighted by molar-refractivity contribution is 5.80. The van der Waals surface area contributed by atoms with Crippen LogP contribution in [0.3, 0.4) is 0 Å². The Labute approximate surface area is 136 Å². The van der Waals surface area contributed by atoms with Gasteiger partial charge in [0.05, 0.1) is 6.61 Å². The zero-order valence-electron chi connectivity index (χ0n) is 13.5. The molecule has 0 atom stereocenters. The molecule has 1 saturated carbocycles. The van der Waals surface area contributed by atoms with Gasteiger partial charge in [-0.1, -0.05) is 12.8 Å². The lowest BCUT2D eigenvalue weighted by Crippen LogP contribution is -2.43. The molecule has 2 aliphatic rings. The maximum absolute atomic E-state index is 13.7. The van der Waals surface area contributed by atoms with E-state index in [1.807, 2.05) is 0 Å². The maximum Gasteiger partial charge on any atom is 0.191 e. The third kappa shape index (κ3) is 4.13. The quantitative estimate of drug-likeness (QED) is 0.660. The fourth-order valence-corrected chi connectivity index (χ4v) is 3.22. The Morgan fingerprint density at radius 3 is 2.96 bits per heavy atom. The lowest BCUT2D eigenvalue weighted by Gasteiger charge is -2.21. The number of fused-ring (bicyclic) bond motifs is 1. The van der Waals surface area contributed by atoms with E-state index in [1.54, 1.807) is 13.1 Å². The van der Waals surface area contributed by atoms with Gasteiger partial charge in [-0.2, -0.15) is 0 Å². The Bertz CT molecular complexity index is 571. The molecule has 0 bridgehead atoms. The second kappa shape index (κ2) is 7.64. The van der Waals surface area contributed by atoms with Crippen molar-refractivity contribution in [2.75, 3.05) is 20.4 Å². The standard InChI is InChI=1S/C17H24FN3O2/c1-19-17(21-15-4-2-3-5-15)20-7-6-12-8-14(18)9-13-10-22-11-23-16(12)13/h8-9,15H,2-7,10-11H2,1H3,(H2,19,20,21). The van der Waals surface area contributed by atoms with E-state index in [4.69, 9.17) is 9.47 Å². The van der Waals surface area contributed by atoms with Crippen molar-refractivity contribution in [2.45, 2.75) is 44.8 Å². The van der Waals surface area contributed by atoms with Crippen LogP contribution in [0.25, 0.3) is 0 Å². The Kier molecular flexibility index (Phi) is 5.33. The van der Waals surface area contributed by atoms with E-state index in [1.165, 1.54) is 31.7 Å². The van der Waals surface area contributed by atoms with E-state index < -0.39 is 0 Å². The van der Waals surface area contributed by atoms with Crippen molar-refractivity contribution in [1.82, 2.24) is 10.6 Å². The molecule has 1 fully saturated rings. The molecule has 1 aromatic carbocycles. The third-order valence-electron chi connectivity index (χ3n) is 4.36. The van der Waals surface area contributed by atoms with Crippen LogP contribution in [-0.4, -0.2) is 32.4 Å². The van der Waals surface area contributed by atoms with Gasteiger partial charge >= 0.3 is 0 Å². The average Bonchev–Trinajstić information content (AvgIpc) is 3.06. The van der Waals surface area contributed by atoms with Gasteiger partial charge in [0.2, 0.25) is 0 Å². The van der Waals surface area contributed by atoms with E-state index in [0.717, 1.165) is 22.8 Å². The summed E-state index contributed by atoms with van der Waals surface area (Å²) >= 11 is 0. The summed E-state index contributed by atoms with van der Waals surface area (Å²) in [6, 6.07) is 3.54. The van der Waals surface area contributed by atoms with Crippen LogP contribution in [0, 0.1) is 5.82 Å². The minimum absolute atomic E-state index is 0.226. The molecule has 0 amide bonds. The van der Waals surface area contributed by atoms with Gasteiger partial charge in [-0.05, 0) is 37.0 Å². The number of halogens is 1. The van der Waals surface area contributed by atoms with E-state index in [2.05, 4.69) is 15.6 Å². The van der Waals surface area contributed by atoms with Crippen LogP contribution in [0.5, 0.6) is 5.75 Å². The molecule has 6 heteroatoms. The van der Waals surface area contributed by atoms with Crippen molar-refractivity contribution < 1.29 is 13.9 Å². The van der Waals surface area contributed by atoms with E-state index >= 15 is 0 Å². The van der Waals surface area contributed by atoms with E-state index in [0.29, 0.717) is 25.6 Å². The highest BCUT2D eigenvalue weighted by Crippen LogP contribution is 2.29. The molecular weight excluding hydrogens is 297 g/mol. The average molecular weight is 321 g/mol. The maximum atomic E-state index is 13.7. The Morgan fingerprint density at radius 2 is 2.17 bits per heavy atom. The molecule has 1 aliphatic carbocycles.